The topological polar surface area (TPSA) is 52.4 Å². The summed E-state index contributed by atoms with van der Waals surface area (Å²) in [5.74, 6) is 0. The molecule has 0 aromatic rings. The summed E-state index contributed by atoms with van der Waals surface area (Å²) in [6.07, 6.45) is 0.839. The number of rotatable bonds is 6. The molecule has 7 heteroatoms. The maximum absolute atomic E-state index is 5.35. The average molecular weight is 223 g/mol. The molecule has 90 valence electrons. The fourth-order valence-corrected chi connectivity index (χ4v) is 0.827. The van der Waals surface area contributed by atoms with Gasteiger partial charge in [-0.3, -0.25) is 0 Å². The van der Waals surface area contributed by atoms with E-state index in [1.165, 1.54) is 28.4 Å². The SMILES string of the molecule is CCCOC(N(OC)OC)=[N+](OC)OC. The summed E-state index contributed by atoms with van der Waals surface area (Å²) in [6.45, 7) is 2.47. The van der Waals surface area contributed by atoms with Crippen LogP contribution in [0.15, 0.2) is 0 Å². The molecule has 0 aliphatic rings. The molecule has 0 aromatic heterocycles. The highest BCUT2D eigenvalue weighted by atomic mass is 17.0. The summed E-state index contributed by atoms with van der Waals surface area (Å²) in [7, 11) is 5.73. The summed E-state index contributed by atoms with van der Waals surface area (Å²) >= 11 is 0. The molecule has 0 heterocycles. The first kappa shape index (κ1) is 13.8. The Kier molecular flexibility index (Phi) is 7.47. The van der Waals surface area contributed by atoms with Gasteiger partial charge in [0.15, 0.2) is 4.90 Å². The zero-order chi connectivity index (χ0) is 11.7. The molecule has 15 heavy (non-hydrogen) atoms. The molecule has 0 amide bonds. The Morgan fingerprint density at radius 2 is 1.60 bits per heavy atom. The summed E-state index contributed by atoms with van der Waals surface area (Å²) in [6, 6.07) is 0.159. The normalized spacial score (nSPS) is 9.40. The number of hydrogen-bond donors (Lipinski definition) is 0. The summed E-state index contributed by atoms with van der Waals surface area (Å²) in [4.78, 5) is 20.6. The Labute approximate surface area is 89.5 Å². The molecule has 0 atom stereocenters. The standard InChI is InChI=1S/C8H19N2O5/c1-6-7-15-8(9(11-2)12-3)10(13-4)14-5/h6-7H2,1-5H3/q+1. The Hall–Kier alpha value is -1.21. The van der Waals surface area contributed by atoms with E-state index >= 15 is 0 Å². The molecule has 0 saturated carbocycles. The Bertz CT molecular complexity index is 187. The van der Waals surface area contributed by atoms with E-state index in [0.29, 0.717) is 6.61 Å². The van der Waals surface area contributed by atoms with Crippen molar-refractivity contribution in [1.29, 1.82) is 0 Å². The van der Waals surface area contributed by atoms with Crippen molar-refractivity contribution in [1.82, 2.24) is 5.23 Å². The van der Waals surface area contributed by atoms with E-state index < -0.39 is 0 Å². The van der Waals surface area contributed by atoms with Crippen LogP contribution in [0.3, 0.4) is 0 Å². The lowest BCUT2D eigenvalue weighted by Crippen LogP contribution is -2.38. The van der Waals surface area contributed by atoms with Crippen molar-refractivity contribution in [3.05, 3.63) is 0 Å². The predicted octanol–water partition coefficient (Wildman–Crippen LogP) is 0.329. The van der Waals surface area contributed by atoms with Crippen LogP contribution in [-0.4, -0.2) is 51.2 Å². The number of nitrogens with zero attached hydrogens (tertiary/aromatic N) is 2. The van der Waals surface area contributed by atoms with Crippen LogP contribution in [0.2, 0.25) is 0 Å². The van der Waals surface area contributed by atoms with Gasteiger partial charge in [0, 0.05) is 0 Å². The van der Waals surface area contributed by atoms with Crippen LogP contribution >= 0.6 is 0 Å². The highest BCUT2D eigenvalue weighted by Crippen LogP contribution is 1.97. The minimum atomic E-state index is 0.159. The van der Waals surface area contributed by atoms with E-state index in [1.54, 1.807) is 0 Å². The van der Waals surface area contributed by atoms with Crippen molar-refractivity contribution in [3.63, 3.8) is 0 Å². The molecule has 7 nitrogen and oxygen atoms in total. The lowest BCUT2D eigenvalue weighted by Gasteiger charge is -2.11. The van der Waals surface area contributed by atoms with Crippen molar-refractivity contribution < 1.29 is 29.0 Å². The second-order valence-electron chi connectivity index (χ2n) is 2.38. The van der Waals surface area contributed by atoms with Crippen molar-refractivity contribution in [2.75, 3.05) is 35.0 Å². The zero-order valence-electron chi connectivity index (χ0n) is 9.85. The van der Waals surface area contributed by atoms with E-state index in [9.17, 15) is 0 Å². The van der Waals surface area contributed by atoms with Gasteiger partial charge in [-0.2, -0.15) is 9.68 Å². The van der Waals surface area contributed by atoms with Gasteiger partial charge in [-0.1, -0.05) is 6.92 Å². The van der Waals surface area contributed by atoms with Crippen molar-refractivity contribution >= 4 is 6.02 Å². The van der Waals surface area contributed by atoms with Crippen molar-refractivity contribution in [3.8, 4) is 0 Å². The average Bonchev–Trinajstić information content (AvgIpc) is 2.28. The van der Waals surface area contributed by atoms with Gasteiger partial charge in [-0.15, -0.1) is 0 Å². The molecule has 0 aliphatic carbocycles. The molecule has 0 aliphatic heterocycles. The first-order valence-electron chi connectivity index (χ1n) is 4.51. The first-order valence-corrected chi connectivity index (χ1v) is 4.51. The minimum Gasteiger partial charge on any atom is -0.422 e. The monoisotopic (exact) mass is 223 g/mol. The van der Waals surface area contributed by atoms with Crippen LogP contribution in [0, 0.1) is 0 Å². The molecule has 0 aromatic carbocycles. The molecule has 0 N–H and O–H groups in total. The third-order valence-electron chi connectivity index (χ3n) is 1.41. The Morgan fingerprint density at radius 3 is 1.93 bits per heavy atom. The molecule has 0 unspecified atom stereocenters. The van der Waals surface area contributed by atoms with Crippen LogP contribution in [0.5, 0.6) is 0 Å². The number of amidine groups is 1. The van der Waals surface area contributed by atoms with Crippen LogP contribution in [0.1, 0.15) is 13.3 Å². The molecular weight excluding hydrogens is 204 g/mol. The van der Waals surface area contributed by atoms with Gasteiger partial charge in [0.05, 0.1) is 26.1 Å². The zero-order valence-corrected chi connectivity index (χ0v) is 9.85. The third kappa shape index (κ3) is 4.22. The number of ether oxygens (including phenoxy) is 1. The van der Waals surface area contributed by atoms with Crippen LogP contribution in [0.4, 0.5) is 0 Å². The highest BCUT2D eigenvalue weighted by Gasteiger charge is 2.31. The van der Waals surface area contributed by atoms with Crippen LogP contribution in [0.25, 0.3) is 0 Å². The molecular formula is C8H19N2O5+. The Balaban J connectivity index is 4.74. The van der Waals surface area contributed by atoms with Crippen LogP contribution in [-0.2, 0) is 24.1 Å². The van der Waals surface area contributed by atoms with E-state index in [0.717, 1.165) is 16.5 Å². The van der Waals surface area contributed by atoms with E-state index in [1.807, 2.05) is 6.92 Å². The largest absolute Gasteiger partial charge is 0.593 e. The van der Waals surface area contributed by atoms with Crippen molar-refractivity contribution in [2.24, 2.45) is 0 Å². The van der Waals surface area contributed by atoms with Gasteiger partial charge in [0.1, 0.15) is 14.2 Å². The second kappa shape index (κ2) is 8.13. The highest BCUT2D eigenvalue weighted by molar-refractivity contribution is 5.65. The lowest BCUT2D eigenvalue weighted by molar-refractivity contribution is -0.965. The summed E-state index contributed by atoms with van der Waals surface area (Å²) in [5.41, 5.74) is 0. The maximum atomic E-state index is 5.35. The molecule has 0 rings (SSSR count). The third-order valence-corrected chi connectivity index (χ3v) is 1.41. The van der Waals surface area contributed by atoms with E-state index in [2.05, 4.69) is 0 Å². The lowest BCUT2D eigenvalue weighted by atomic mass is 10.5. The first-order chi connectivity index (χ1) is 7.24. The van der Waals surface area contributed by atoms with Gasteiger partial charge < -0.3 is 14.4 Å². The van der Waals surface area contributed by atoms with Crippen molar-refractivity contribution in [2.45, 2.75) is 13.3 Å². The number of hydroxylamine groups is 2. The van der Waals surface area contributed by atoms with Gasteiger partial charge in [-0.05, 0) is 6.42 Å². The fourth-order valence-electron chi connectivity index (χ4n) is 0.827. The predicted molar refractivity (Wildman–Crippen MR) is 51.4 cm³/mol. The summed E-state index contributed by atoms with van der Waals surface area (Å²) in [5, 5.41) is 1.03. The quantitative estimate of drug-likeness (QED) is 0.367. The molecule has 0 radical (unpaired) electrons. The fraction of sp³-hybridized carbons (Fsp3) is 0.875. The van der Waals surface area contributed by atoms with Gasteiger partial charge in [0.2, 0.25) is 0 Å². The maximum Gasteiger partial charge on any atom is 0.593 e. The Morgan fingerprint density at radius 1 is 1.07 bits per heavy atom. The van der Waals surface area contributed by atoms with E-state index in [-0.39, 0.29) is 6.02 Å². The van der Waals surface area contributed by atoms with Gasteiger partial charge in [-0.25, -0.2) is 0 Å². The number of hydrogen-bond acceptors (Lipinski definition) is 5. The minimum absolute atomic E-state index is 0.159. The van der Waals surface area contributed by atoms with E-state index in [4.69, 9.17) is 24.1 Å². The van der Waals surface area contributed by atoms with Crippen LogP contribution < -0.4 is 0 Å². The molecule has 0 fully saturated rings. The molecule has 0 bridgehead atoms. The summed E-state index contributed by atoms with van der Waals surface area (Å²) < 4.78 is 5.35. The smallest absolute Gasteiger partial charge is 0.422 e. The second-order valence-corrected chi connectivity index (χ2v) is 2.38. The molecule has 0 spiro atoms. The van der Waals surface area contributed by atoms with Gasteiger partial charge >= 0.3 is 6.02 Å². The molecule has 0 saturated heterocycles. The van der Waals surface area contributed by atoms with Gasteiger partial charge in [0.25, 0.3) is 0 Å².